The van der Waals surface area contributed by atoms with Crippen molar-refractivity contribution in [1.29, 1.82) is 0 Å². The Labute approximate surface area is 511 Å². The van der Waals surface area contributed by atoms with E-state index in [2.05, 4.69) is 24.5 Å². The highest BCUT2D eigenvalue weighted by molar-refractivity contribution is 5.77. The highest BCUT2D eigenvalue weighted by Crippen LogP contribution is 2.38. The molecule has 86 heavy (non-hydrogen) atoms. The molecule has 0 bridgehead atoms. The van der Waals surface area contributed by atoms with E-state index in [0.29, 0.717) is 12.8 Å². The van der Waals surface area contributed by atoms with Crippen molar-refractivity contribution in [3.63, 3.8) is 0 Å². The number of amides is 2. The van der Waals surface area contributed by atoms with Crippen molar-refractivity contribution in [2.45, 2.75) is 342 Å². The summed E-state index contributed by atoms with van der Waals surface area (Å²) in [6, 6.07) is -2.61. The van der Waals surface area contributed by atoms with Gasteiger partial charge in [-0.2, -0.15) is 0 Å². The first-order valence-electron chi connectivity index (χ1n) is 33.1. The van der Waals surface area contributed by atoms with Gasteiger partial charge < -0.3 is 100 Å². The van der Waals surface area contributed by atoms with Crippen molar-refractivity contribution < 1.29 is 104 Å². The second kappa shape index (κ2) is 44.9. The molecule has 3 saturated heterocycles. The lowest BCUT2D eigenvalue weighted by molar-refractivity contribution is -0.386. The highest BCUT2D eigenvalue weighted by atomic mass is 16.8. The molecular formula is C63H116N2O21. The zero-order valence-electron chi connectivity index (χ0n) is 52.2. The fraction of sp³-hybridized carbons (Fsp3) is 0.921. The Morgan fingerprint density at radius 2 is 1.08 bits per heavy atom. The van der Waals surface area contributed by atoms with E-state index in [1.165, 1.54) is 141 Å². The Bertz CT molecular complexity index is 1810. The van der Waals surface area contributed by atoms with Crippen LogP contribution in [0.15, 0.2) is 12.2 Å². The Kier molecular flexibility index (Phi) is 40.5. The van der Waals surface area contributed by atoms with E-state index >= 15 is 0 Å². The third kappa shape index (κ3) is 27.9. The van der Waals surface area contributed by atoms with Crippen LogP contribution < -0.4 is 10.6 Å². The first kappa shape index (κ1) is 77.7. The number of unbranched alkanes of at least 4 members (excludes halogenated alkanes) is 29. The minimum Gasteiger partial charge on any atom is -0.477 e. The number of ether oxygens (including phenoxy) is 6. The molecule has 3 heterocycles. The molecule has 3 fully saturated rings. The number of aliphatic carboxylic acids is 1. The molecular weight excluding hydrogens is 1120 g/mol. The number of carbonyl (C=O) groups is 3. The van der Waals surface area contributed by atoms with Crippen LogP contribution in [0, 0.1) is 0 Å². The first-order valence-corrected chi connectivity index (χ1v) is 33.1. The van der Waals surface area contributed by atoms with Crippen molar-refractivity contribution in [2.75, 3.05) is 26.4 Å². The maximum absolute atomic E-state index is 13.4. The van der Waals surface area contributed by atoms with Crippen molar-refractivity contribution in [3.8, 4) is 0 Å². The summed E-state index contributed by atoms with van der Waals surface area (Å²) < 4.78 is 34.7. The van der Waals surface area contributed by atoms with Gasteiger partial charge in [0.2, 0.25) is 11.8 Å². The molecule has 0 aromatic rings. The third-order valence-corrected chi connectivity index (χ3v) is 17.0. The number of aliphatic hydroxyl groups excluding tert-OH is 11. The van der Waals surface area contributed by atoms with Gasteiger partial charge in [-0.1, -0.05) is 206 Å². The van der Waals surface area contributed by atoms with Crippen LogP contribution in [-0.2, 0) is 42.8 Å². The minimum atomic E-state index is -3.08. The second-order valence-corrected chi connectivity index (χ2v) is 24.3. The summed E-state index contributed by atoms with van der Waals surface area (Å²) in [4.78, 5) is 38.5. The van der Waals surface area contributed by atoms with E-state index in [4.69, 9.17) is 28.4 Å². The van der Waals surface area contributed by atoms with Gasteiger partial charge in [0.15, 0.2) is 12.6 Å². The second-order valence-electron chi connectivity index (χ2n) is 24.3. The molecule has 3 rings (SSSR count). The zero-order chi connectivity index (χ0) is 63.3. The van der Waals surface area contributed by atoms with Crippen LogP contribution in [0.3, 0.4) is 0 Å². The van der Waals surface area contributed by atoms with E-state index in [1.807, 2.05) is 6.08 Å². The lowest BCUT2D eigenvalue weighted by Gasteiger charge is -2.50. The fourth-order valence-electron chi connectivity index (χ4n) is 11.6. The van der Waals surface area contributed by atoms with Crippen molar-refractivity contribution in [3.05, 3.63) is 12.2 Å². The smallest absolute Gasteiger partial charge is 0.364 e. The van der Waals surface area contributed by atoms with Gasteiger partial charge in [0, 0.05) is 19.8 Å². The van der Waals surface area contributed by atoms with Gasteiger partial charge in [-0.3, -0.25) is 9.59 Å². The van der Waals surface area contributed by atoms with Crippen molar-refractivity contribution >= 4 is 17.8 Å². The standard InChI is InChI=1S/C63H116N2O21/c1-4-6-8-10-12-14-16-18-19-20-21-22-23-25-27-29-31-33-35-37-50(73)65-44(45(70)36-34-32-30-28-26-24-17-15-13-11-9-7-5-2)42-81-60-55(77)54(76)57(49(41-68)83-60)84-61-56(78)59(53(75)48(40-67)82-61)86-63(62(79)80)38-46(71)51(64-43(3)69)58(85-63)52(74)47(72)39-66/h34,36,44-49,51-61,66-68,70-72,74-78H,4-33,35,37-42H2,1-3H3,(H,64,69)(H,65,73)(H,79,80)/b36-34+/t44-,45+,46?,47+,48?,49?,51+,52+,53-,54+,55?,56?,57+,58?,59-,60+,61-,63-/m0/s1. The third-order valence-electron chi connectivity index (χ3n) is 17.0. The van der Waals surface area contributed by atoms with Crippen LogP contribution in [0.4, 0.5) is 0 Å². The molecule has 0 aliphatic carbocycles. The SMILES string of the molecule is CCCCCCCCCCCCC/C=C/[C@@H](O)[C@H](CO[C@@H]1OC(CO)[C@@H](O[C@@H]2OC(CO)[C@H](O)[C@H](O[C@]3(C(=O)O)CC(O)[C@@H](NC(C)=O)C([C@H](O)[C@H](O)CO)O3)C2O)[C@H](O)C1O)NC(=O)CCCCCCCCCCCCCCCCCCCCC. The number of aliphatic hydroxyl groups is 11. The predicted molar refractivity (Wildman–Crippen MR) is 320 cm³/mol. The zero-order valence-corrected chi connectivity index (χ0v) is 52.2. The molecule has 6 unspecified atom stereocenters. The van der Waals surface area contributed by atoms with E-state index < -0.39 is 155 Å². The van der Waals surface area contributed by atoms with Crippen LogP contribution >= 0.6 is 0 Å². The lowest BCUT2D eigenvalue weighted by Crippen LogP contribution is -2.70. The topological polar surface area (TPSA) is 373 Å². The number of rotatable bonds is 49. The highest BCUT2D eigenvalue weighted by Gasteiger charge is 2.60. The molecule has 0 saturated carbocycles. The van der Waals surface area contributed by atoms with E-state index in [0.717, 1.165) is 51.9 Å². The summed E-state index contributed by atoms with van der Waals surface area (Å²) in [7, 11) is 0. The summed E-state index contributed by atoms with van der Waals surface area (Å²) in [5, 5.41) is 136. The number of allylic oxidation sites excluding steroid dienone is 1. The van der Waals surface area contributed by atoms with Gasteiger partial charge in [0.1, 0.15) is 67.1 Å². The summed E-state index contributed by atoms with van der Waals surface area (Å²) in [6.07, 6.45) is 11.2. The van der Waals surface area contributed by atoms with Gasteiger partial charge in [-0.25, -0.2) is 4.79 Å². The number of hydrogen-bond donors (Lipinski definition) is 14. The van der Waals surface area contributed by atoms with Crippen LogP contribution in [0.5, 0.6) is 0 Å². The van der Waals surface area contributed by atoms with Crippen LogP contribution in [0.1, 0.15) is 233 Å². The fourth-order valence-corrected chi connectivity index (χ4v) is 11.6. The average Bonchev–Trinajstić information content (AvgIpc) is 1.37. The van der Waals surface area contributed by atoms with Crippen LogP contribution in [0.2, 0.25) is 0 Å². The molecule has 23 nitrogen and oxygen atoms in total. The van der Waals surface area contributed by atoms with Crippen molar-refractivity contribution in [1.82, 2.24) is 10.6 Å². The van der Waals surface area contributed by atoms with Gasteiger partial charge in [-0.15, -0.1) is 0 Å². The Morgan fingerprint density at radius 1 is 0.605 bits per heavy atom. The molecule has 2 amide bonds. The van der Waals surface area contributed by atoms with Crippen molar-refractivity contribution in [2.24, 2.45) is 0 Å². The molecule has 3 aliphatic rings. The molecule has 0 aromatic carbocycles. The number of carboxylic acid groups (broad SMARTS) is 1. The molecule has 14 N–H and O–H groups in total. The number of carbonyl (C=O) groups excluding carboxylic acids is 2. The van der Waals surface area contributed by atoms with Gasteiger partial charge in [0.05, 0.1) is 50.7 Å². The molecule has 3 aliphatic heterocycles. The molecule has 0 spiro atoms. The first-order chi connectivity index (χ1) is 41.4. The Hall–Kier alpha value is -2.53. The summed E-state index contributed by atoms with van der Waals surface area (Å²) in [5.74, 6) is -6.14. The Morgan fingerprint density at radius 3 is 1.55 bits per heavy atom. The largest absolute Gasteiger partial charge is 0.477 e. The maximum Gasteiger partial charge on any atom is 0.364 e. The minimum absolute atomic E-state index is 0.205. The molecule has 23 heteroatoms. The average molecular weight is 1240 g/mol. The quantitative estimate of drug-likeness (QED) is 0.0289. The van der Waals surface area contributed by atoms with Crippen LogP contribution in [-0.4, -0.2) is 215 Å². The molecule has 18 atom stereocenters. The monoisotopic (exact) mass is 1240 g/mol. The van der Waals surface area contributed by atoms with E-state index in [9.17, 15) is 75.7 Å². The molecule has 0 radical (unpaired) electrons. The summed E-state index contributed by atoms with van der Waals surface area (Å²) in [5.41, 5.74) is 0. The predicted octanol–water partition coefficient (Wildman–Crippen LogP) is 4.73. The normalized spacial score (nSPS) is 29.4. The Balaban J connectivity index is 1.62. The van der Waals surface area contributed by atoms with E-state index in [1.54, 1.807) is 6.08 Å². The number of carboxylic acids is 1. The van der Waals surface area contributed by atoms with Crippen LogP contribution in [0.25, 0.3) is 0 Å². The summed E-state index contributed by atoms with van der Waals surface area (Å²) >= 11 is 0. The van der Waals surface area contributed by atoms with E-state index in [-0.39, 0.29) is 12.3 Å². The molecule has 504 valence electrons. The molecule has 0 aromatic heterocycles. The number of nitrogens with one attached hydrogen (secondary N) is 2. The number of hydrogen-bond acceptors (Lipinski definition) is 20. The summed E-state index contributed by atoms with van der Waals surface area (Å²) in [6.45, 7) is 2.12. The van der Waals surface area contributed by atoms with Gasteiger partial charge in [-0.05, 0) is 19.3 Å². The van der Waals surface area contributed by atoms with Gasteiger partial charge >= 0.3 is 5.97 Å². The lowest BCUT2D eigenvalue weighted by atomic mass is 9.88. The van der Waals surface area contributed by atoms with Gasteiger partial charge in [0.25, 0.3) is 5.79 Å². The maximum atomic E-state index is 13.4.